The standard InChI is InChI=1S/C20H27N5O5S2/c1-13-12-16(23-30-13)20(27)24-9-3-10-25(32(28,29)17-4-2-11-31-17)19(24)18(26)22-15-7-5-14(21)6-8-15/h2,4,11-12,14-15,19H,3,5-10,21H2,1H3,(H,22,26). The average Bonchev–Trinajstić information content (AvgIpc) is 3.47. The number of nitrogens with zero attached hydrogens (tertiary/aromatic N) is 3. The molecule has 2 aromatic rings. The first-order valence-corrected chi connectivity index (χ1v) is 12.9. The van der Waals surface area contributed by atoms with Crippen molar-refractivity contribution in [3.8, 4) is 0 Å². The highest BCUT2D eigenvalue weighted by Crippen LogP contribution is 2.28. The normalized spacial score (nSPS) is 24.9. The number of aromatic nitrogens is 1. The van der Waals surface area contributed by atoms with Crippen molar-refractivity contribution in [2.45, 2.75) is 61.5 Å². The third kappa shape index (κ3) is 4.58. The monoisotopic (exact) mass is 481 g/mol. The molecule has 174 valence electrons. The number of amides is 2. The van der Waals surface area contributed by atoms with Crippen molar-refractivity contribution in [1.82, 2.24) is 19.7 Å². The molecule has 1 saturated heterocycles. The number of hydrogen-bond acceptors (Lipinski definition) is 8. The van der Waals surface area contributed by atoms with Gasteiger partial charge in [0.2, 0.25) is 0 Å². The van der Waals surface area contributed by atoms with Gasteiger partial charge in [-0.1, -0.05) is 11.2 Å². The molecule has 10 nitrogen and oxygen atoms in total. The molecule has 3 N–H and O–H groups in total. The predicted octanol–water partition coefficient (Wildman–Crippen LogP) is 1.29. The molecule has 0 spiro atoms. The number of nitrogens with two attached hydrogens (primary N) is 1. The molecule has 0 radical (unpaired) electrons. The van der Waals surface area contributed by atoms with Gasteiger partial charge in [0.1, 0.15) is 9.97 Å². The fraction of sp³-hybridized carbons (Fsp3) is 0.550. The first kappa shape index (κ1) is 22.9. The van der Waals surface area contributed by atoms with E-state index in [0.29, 0.717) is 25.0 Å². The van der Waals surface area contributed by atoms with Crippen molar-refractivity contribution in [3.05, 3.63) is 35.0 Å². The molecule has 2 aliphatic rings. The van der Waals surface area contributed by atoms with Crippen molar-refractivity contribution in [2.24, 2.45) is 5.73 Å². The molecule has 1 atom stereocenters. The van der Waals surface area contributed by atoms with E-state index in [1.807, 2.05) is 0 Å². The van der Waals surface area contributed by atoms with Crippen LogP contribution >= 0.6 is 11.3 Å². The zero-order valence-corrected chi connectivity index (χ0v) is 19.4. The Morgan fingerprint density at radius 2 is 2.00 bits per heavy atom. The second-order valence-corrected chi connectivity index (χ2v) is 11.3. The van der Waals surface area contributed by atoms with Crippen LogP contribution in [0, 0.1) is 6.92 Å². The lowest BCUT2D eigenvalue weighted by Gasteiger charge is -2.42. The first-order valence-electron chi connectivity index (χ1n) is 10.6. The van der Waals surface area contributed by atoms with Crippen LogP contribution < -0.4 is 11.1 Å². The summed E-state index contributed by atoms with van der Waals surface area (Å²) in [7, 11) is -3.97. The molecule has 0 aromatic carbocycles. The highest BCUT2D eigenvalue weighted by molar-refractivity contribution is 7.91. The highest BCUT2D eigenvalue weighted by atomic mass is 32.2. The highest BCUT2D eigenvalue weighted by Gasteiger charge is 2.45. The summed E-state index contributed by atoms with van der Waals surface area (Å²) in [5, 5.41) is 8.40. The molecule has 2 aromatic heterocycles. The Balaban J connectivity index is 1.65. The minimum absolute atomic E-state index is 0.0410. The van der Waals surface area contributed by atoms with Crippen LogP contribution in [-0.2, 0) is 14.8 Å². The maximum Gasteiger partial charge on any atom is 0.277 e. The lowest BCUT2D eigenvalue weighted by molar-refractivity contribution is -0.132. The topological polar surface area (TPSA) is 139 Å². The maximum atomic E-state index is 13.4. The van der Waals surface area contributed by atoms with Crippen LogP contribution in [0.25, 0.3) is 0 Å². The second kappa shape index (κ2) is 9.30. The largest absolute Gasteiger partial charge is 0.361 e. The Labute approximate surface area is 190 Å². The van der Waals surface area contributed by atoms with E-state index in [0.717, 1.165) is 28.5 Å². The lowest BCUT2D eigenvalue weighted by atomic mass is 9.92. The summed E-state index contributed by atoms with van der Waals surface area (Å²) in [6.07, 6.45) is 2.09. The van der Waals surface area contributed by atoms with Crippen LogP contribution in [0.15, 0.2) is 32.3 Å². The number of aryl methyl sites for hydroxylation is 1. The summed E-state index contributed by atoms with van der Waals surface area (Å²) in [4.78, 5) is 27.9. The minimum Gasteiger partial charge on any atom is -0.361 e. The average molecular weight is 482 g/mol. The molecular weight excluding hydrogens is 454 g/mol. The van der Waals surface area contributed by atoms with E-state index in [-0.39, 0.29) is 35.1 Å². The van der Waals surface area contributed by atoms with Crippen LogP contribution in [0.5, 0.6) is 0 Å². The van der Waals surface area contributed by atoms with Crippen molar-refractivity contribution < 1.29 is 22.5 Å². The summed E-state index contributed by atoms with van der Waals surface area (Å²) >= 11 is 1.08. The predicted molar refractivity (Wildman–Crippen MR) is 117 cm³/mol. The molecule has 1 saturated carbocycles. The number of nitrogens with one attached hydrogen (secondary N) is 1. The van der Waals surface area contributed by atoms with Crippen LogP contribution in [0.1, 0.15) is 48.4 Å². The van der Waals surface area contributed by atoms with Crippen molar-refractivity contribution in [3.63, 3.8) is 0 Å². The van der Waals surface area contributed by atoms with E-state index in [2.05, 4.69) is 10.5 Å². The van der Waals surface area contributed by atoms with Gasteiger partial charge in [-0.15, -0.1) is 11.3 Å². The van der Waals surface area contributed by atoms with Gasteiger partial charge in [-0.25, -0.2) is 8.42 Å². The summed E-state index contributed by atoms with van der Waals surface area (Å²) < 4.78 is 33.0. The molecule has 32 heavy (non-hydrogen) atoms. The van der Waals surface area contributed by atoms with E-state index in [9.17, 15) is 18.0 Å². The van der Waals surface area contributed by atoms with E-state index in [1.165, 1.54) is 17.0 Å². The van der Waals surface area contributed by atoms with Gasteiger partial charge in [-0.2, -0.15) is 4.31 Å². The Morgan fingerprint density at radius 1 is 1.25 bits per heavy atom. The van der Waals surface area contributed by atoms with Crippen LogP contribution in [0.2, 0.25) is 0 Å². The number of hydrogen-bond donors (Lipinski definition) is 2. The molecule has 1 aliphatic carbocycles. The number of rotatable bonds is 5. The molecule has 3 heterocycles. The van der Waals surface area contributed by atoms with Crippen molar-refractivity contribution in [1.29, 1.82) is 0 Å². The summed E-state index contributed by atoms with van der Waals surface area (Å²) in [6.45, 7) is 2.02. The molecule has 2 fully saturated rings. The fourth-order valence-electron chi connectivity index (χ4n) is 4.21. The lowest BCUT2D eigenvalue weighted by Crippen LogP contribution is -2.64. The fourth-order valence-corrected chi connectivity index (χ4v) is 6.93. The van der Waals surface area contributed by atoms with Gasteiger partial charge in [0.05, 0.1) is 0 Å². The second-order valence-electron chi connectivity index (χ2n) is 8.22. The first-order chi connectivity index (χ1) is 15.3. The van der Waals surface area contributed by atoms with E-state index in [1.54, 1.807) is 18.4 Å². The van der Waals surface area contributed by atoms with Crippen LogP contribution in [0.3, 0.4) is 0 Å². The number of carbonyl (C=O) groups excluding carboxylic acids is 2. The third-order valence-corrected chi connectivity index (χ3v) is 9.09. The van der Waals surface area contributed by atoms with Crippen LogP contribution in [-0.4, -0.2) is 65.9 Å². The summed E-state index contributed by atoms with van der Waals surface area (Å²) in [5.41, 5.74) is 6.01. The summed E-state index contributed by atoms with van der Waals surface area (Å²) in [5.74, 6) is -0.606. The number of thiophene rings is 1. The Morgan fingerprint density at radius 3 is 2.62 bits per heavy atom. The molecule has 12 heteroatoms. The van der Waals surface area contributed by atoms with Gasteiger partial charge in [-0.3, -0.25) is 9.59 Å². The number of carbonyl (C=O) groups is 2. The third-order valence-electron chi connectivity index (χ3n) is 5.86. The molecule has 1 unspecified atom stereocenters. The molecule has 1 aliphatic heterocycles. The Bertz CT molecular complexity index is 1060. The van der Waals surface area contributed by atoms with Gasteiger partial charge in [-0.05, 0) is 50.5 Å². The SMILES string of the molecule is Cc1cc(C(=O)N2CCCN(S(=O)(=O)c3cccs3)C2C(=O)NC2CCC(N)CC2)no1. The van der Waals surface area contributed by atoms with Crippen molar-refractivity contribution in [2.75, 3.05) is 13.1 Å². The van der Waals surface area contributed by atoms with Gasteiger partial charge >= 0.3 is 0 Å². The quantitative estimate of drug-likeness (QED) is 0.656. The van der Waals surface area contributed by atoms with Gasteiger partial charge < -0.3 is 20.5 Å². The maximum absolute atomic E-state index is 13.4. The zero-order valence-electron chi connectivity index (χ0n) is 17.8. The van der Waals surface area contributed by atoms with E-state index >= 15 is 0 Å². The van der Waals surface area contributed by atoms with Crippen molar-refractivity contribution >= 4 is 33.2 Å². The Hall–Kier alpha value is -2.28. The smallest absolute Gasteiger partial charge is 0.277 e. The summed E-state index contributed by atoms with van der Waals surface area (Å²) in [6, 6.07) is 4.62. The minimum atomic E-state index is -3.97. The van der Waals surface area contributed by atoms with Gasteiger partial charge in [0, 0.05) is 31.2 Å². The molecular formula is C20H27N5O5S2. The van der Waals surface area contributed by atoms with Gasteiger partial charge in [0.25, 0.3) is 21.8 Å². The van der Waals surface area contributed by atoms with Crippen LogP contribution in [0.4, 0.5) is 0 Å². The molecule has 4 rings (SSSR count). The molecule has 2 amide bonds. The van der Waals surface area contributed by atoms with E-state index < -0.39 is 28.0 Å². The molecule has 0 bridgehead atoms. The van der Waals surface area contributed by atoms with E-state index in [4.69, 9.17) is 10.3 Å². The zero-order chi connectivity index (χ0) is 22.9. The number of sulfonamides is 1. The van der Waals surface area contributed by atoms with Gasteiger partial charge in [0.15, 0.2) is 11.9 Å². The Kier molecular flexibility index (Phi) is 6.65.